The fourth-order valence-electron chi connectivity index (χ4n) is 2.38. The predicted octanol–water partition coefficient (Wildman–Crippen LogP) is 2.67. The minimum Gasteiger partial charge on any atom is -0.467 e. The molecule has 1 atom stereocenters. The summed E-state index contributed by atoms with van der Waals surface area (Å²) >= 11 is 0. The third-order valence-electron chi connectivity index (χ3n) is 3.77. The lowest BCUT2D eigenvalue weighted by molar-refractivity contribution is -0.130. The number of benzene rings is 1. The van der Waals surface area contributed by atoms with Crippen LogP contribution in [0.2, 0.25) is 0 Å². The van der Waals surface area contributed by atoms with Gasteiger partial charge >= 0.3 is 0 Å². The third-order valence-corrected chi connectivity index (χ3v) is 3.77. The fraction of sp³-hybridized carbons (Fsp3) is 0.368. The number of hydrogen-bond donors (Lipinski definition) is 2. The molecule has 5 nitrogen and oxygen atoms in total. The molecule has 2 amide bonds. The maximum absolute atomic E-state index is 12.3. The number of hydrogen-bond acceptors (Lipinski definition) is 3. The number of carbonyl (C=O) groups is 2. The Morgan fingerprint density at radius 2 is 1.83 bits per heavy atom. The summed E-state index contributed by atoms with van der Waals surface area (Å²) in [5.74, 6) is 0.365. The molecule has 0 spiro atoms. The van der Waals surface area contributed by atoms with E-state index in [1.807, 2.05) is 44.2 Å². The standard InChI is InChI=1S/C19H24N2O3/c1-14(2)18(19(23)20-13-16-9-6-12-24-16)21-17(22)11-10-15-7-4-3-5-8-15/h3-9,12,14,18H,10-11,13H2,1-2H3,(H,20,23)(H,21,22)/t18-/m0/s1. The SMILES string of the molecule is CC(C)[C@H](NC(=O)CCc1ccccc1)C(=O)NCc1ccco1. The van der Waals surface area contributed by atoms with Gasteiger partial charge in [-0.25, -0.2) is 0 Å². The lowest BCUT2D eigenvalue weighted by atomic mass is 10.0. The van der Waals surface area contributed by atoms with Crippen LogP contribution in [0.25, 0.3) is 0 Å². The summed E-state index contributed by atoms with van der Waals surface area (Å²) in [6.07, 6.45) is 2.58. The minimum absolute atomic E-state index is 0.00211. The van der Waals surface area contributed by atoms with E-state index in [9.17, 15) is 9.59 Å². The molecule has 0 aliphatic carbocycles. The van der Waals surface area contributed by atoms with E-state index < -0.39 is 6.04 Å². The quantitative estimate of drug-likeness (QED) is 0.782. The minimum atomic E-state index is -0.553. The van der Waals surface area contributed by atoms with Gasteiger partial charge < -0.3 is 15.1 Å². The molecule has 1 aromatic carbocycles. The highest BCUT2D eigenvalue weighted by Gasteiger charge is 2.23. The van der Waals surface area contributed by atoms with Gasteiger partial charge in [0.2, 0.25) is 11.8 Å². The van der Waals surface area contributed by atoms with Crippen molar-refractivity contribution in [1.82, 2.24) is 10.6 Å². The molecule has 2 N–H and O–H groups in total. The molecule has 0 saturated carbocycles. The van der Waals surface area contributed by atoms with Crippen LogP contribution in [0.4, 0.5) is 0 Å². The molecule has 1 heterocycles. The molecule has 2 aromatic rings. The van der Waals surface area contributed by atoms with Crippen molar-refractivity contribution in [2.75, 3.05) is 0 Å². The van der Waals surface area contributed by atoms with Crippen LogP contribution in [-0.2, 0) is 22.6 Å². The van der Waals surface area contributed by atoms with Crippen LogP contribution < -0.4 is 10.6 Å². The molecule has 128 valence electrons. The fourth-order valence-corrected chi connectivity index (χ4v) is 2.38. The summed E-state index contributed by atoms with van der Waals surface area (Å²) in [6.45, 7) is 4.14. The second-order valence-electron chi connectivity index (χ2n) is 6.07. The summed E-state index contributed by atoms with van der Waals surface area (Å²) < 4.78 is 5.19. The Hall–Kier alpha value is -2.56. The smallest absolute Gasteiger partial charge is 0.243 e. The molecule has 0 bridgehead atoms. The Bertz CT molecular complexity index is 636. The zero-order valence-corrected chi connectivity index (χ0v) is 14.1. The molecule has 0 radical (unpaired) electrons. The Balaban J connectivity index is 1.83. The van der Waals surface area contributed by atoms with Gasteiger partial charge in [0.15, 0.2) is 0 Å². The van der Waals surface area contributed by atoms with Gasteiger partial charge in [-0.1, -0.05) is 44.2 Å². The molecule has 0 aliphatic heterocycles. The first kappa shape index (κ1) is 17.8. The molecule has 5 heteroatoms. The van der Waals surface area contributed by atoms with Crippen molar-refractivity contribution >= 4 is 11.8 Å². The van der Waals surface area contributed by atoms with E-state index >= 15 is 0 Å². The third kappa shape index (κ3) is 5.57. The zero-order valence-electron chi connectivity index (χ0n) is 14.1. The summed E-state index contributed by atoms with van der Waals surface area (Å²) in [4.78, 5) is 24.5. The van der Waals surface area contributed by atoms with Crippen molar-refractivity contribution < 1.29 is 14.0 Å². The maximum atomic E-state index is 12.3. The topological polar surface area (TPSA) is 71.3 Å². The number of nitrogens with one attached hydrogen (secondary N) is 2. The van der Waals surface area contributed by atoms with Crippen molar-refractivity contribution in [3.8, 4) is 0 Å². The summed E-state index contributed by atoms with van der Waals surface area (Å²) in [7, 11) is 0. The van der Waals surface area contributed by atoms with Crippen LogP contribution >= 0.6 is 0 Å². The van der Waals surface area contributed by atoms with Crippen molar-refractivity contribution in [2.45, 2.75) is 39.3 Å². The van der Waals surface area contributed by atoms with Crippen molar-refractivity contribution in [2.24, 2.45) is 5.92 Å². The molecular weight excluding hydrogens is 304 g/mol. The molecule has 1 aromatic heterocycles. The number of aryl methyl sites for hydroxylation is 1. The van der Waals surface area contributed by atoms with Gasteiger partial charge in [-0.05, 0) is 30.0 Å². The van der Waals surface area contributed by atoms with Gasteiger partial charge in [-0.3, -0.25) is 9.59 Å². The van der Waals surface area contributed by atoms with E-state index in [0.717, 1.165) is 5.56 Å². The van der Waals surface area contributed by atoms with Gasteiger partial charge in [0, 0.05) is 6.42 Å². The van der Waals surface area contributed by atoms with Crippen LogP contribution in [-0.4, -0.2) is 17.9 Å². The van der Waals surface area contributed by atoms with E-state index in [1.165, 1.54) is 0 Å². The van der Waals surface area contributed by atoms with Crippen molar-refractivity contribution in [1.29, 1.82) is 0 Å². The molecule has 24 heavy (non-hydrogen) atoms. The van der Waals surface area contributed by atoms with E-state index in [4.69, 9.17) is 4.42 Å². The lowest BCUT2D eigenvalue weighted by Crippen LogP contribution is -2.49. The molecule has 2 rings (SSSR count). The Morgan fingerprint density at radius 1 is 1.08 bits per heavy atom. The van der Waals surface area contributed by atoms with E-state index in [2.05, 4.69) is 10.6 Å². The number of carbonyl (C=O) groups excluding carboxylic acids is 2. The number of furan rings is 1. The van der Waals surface area contributed by atoms with Gasteiger partial charge in [0.05, 0.1) is 12.8 Å². The molecule has 0 saturated heterocycles. The first-order chi connectivity index (χ1) is 11.6. The average Bonchev–Trinajstić information content (AvgIpc) is 3.10. The molecule has 0 fully saturated rings. The number of amides is 2. The summed E-state index contributed by atoms with van der Waals surface area (Å²) in [5.41, 5.74) is 1.11. The van der Waals surface area contributed by atoms with Gasteiger partial charge in [-0.2, -0.15) is 0 Å². The summed E-state index contributed by atoms with van der Waals surface area (Å²) in [5, 5.41) is 5.63. The Morgan fingerprint density at radius 3 is 2.46 bits per heavy atom. The molecule has 0 unspecified atom stereocenters. The Kier molecular flexibility index (Phi) is 6.61. The van der Waals surface area contributed by atoms with Crippen LogP contribution in [0.3, 0.4) is 0 Å². The normalized spacial score (nSPS) is 12.0. The van der Waals surface area contributed by atoms with Gasteiger partial charge in [0.1, 0.15) is 11.8 Å². The molecule has 0 aliphatic rings. The highest BCUT2D eigenvalue weighted by molar-refractivity contribution is 5.87. The highest BCUT2D eigenvalue weighted by atomic mass is 16.3. The van der Waals surface area contributed by atoms with Crippen molar-refractivity contribution in [3.63, 3.8) is 0 Å². The highest BCUT2D eigenvalue weighted by Crippen LogP contribution is 2.06. The van der Waals surface area contributed by atoms with Crippen molar-refractivity contribution in [3.05, 3.63) is 60.1 Å². The van der Waals surface area contributed by atoms with Crippen LogP contribution in [0, 0.1) is 5.92 Å². The van der Waals surface area contributed by atoms with Crippen LogP contribution in [0.1, 0.15) is 31.6 Å². The van der Waals surface area contributed by atoms with Gasteiger partial charge in [0.25, 0.3) is 0 Å². The lowest BCUT2D eigenvalue weighted by Gasteiger charge is -2.21. The maximum Gasteiger partial charge on any atom is 0.243 e. The summed E-state index contributed by atoms with van der Waals surface area (Å²) in [6, 6.07) is 12.8. The van der Waals surface area contributed by atoms with E-state index in [0.29, 0.717) is 25.1 Å². The second kappa shape index (κ2) is 8.91. The largest absolute Gasteiger partial charge is 0.467 e. The first-order valence-corrected chi connectivity index (χ1v) is 8.19. The zero-order chi connectivity index (χ0) is 17.4. The second-order valence-corrected chi connectivity index (χ2v) is 6.07. The Labute approximate surface area is 142 Å². The number of rotatable bonds is 8. The predicted molar refractivity (Wildman–Crippen MR) is 92.1 cm³/mol. The van der Waals surface area contributed by atoms with E-state index in [1.54, 1.807) is 18.4 Å². The van der Waals surface area contributed by atoms with Crippen LogP contribution in [0.5, 0.6) is 0 Å². The average molecular weight is 328 g/mol. The monoisotopic (exact) mass is 328 g/mol. The van der Waals surface area contributed by atoms with Crippen LogP contribution in [0.15, 0.2) is 53.1 Å². The van der Waals surface area contributed by atoms with E-state index in [-0.39, 0.29) is 17.7 Å². The first-order valence-electron chi connectivity index (χ1n) is 8.19. The molecular formula is C19H24N2O3. The van der Waals surface area contributed by atoms with Gasteiger partial charge in [-0.15, -0.1) is 0 Å².